The van der Waals surface area contributed by atoms with Gasteiger partial charge in [-0.05, 0) is 64.4 Å². The second-order valence-electron chi connectivity index (χ2n) is 13.6. The van der Waals surface area contributed by atoms with E-state index >= 15 is 0 Å². The molecule has 2 aliphatic rings. The van der Waals surface area contributed by atoms with E-state index < -0.39 is 0 Å². The van der Waals surface area contributed by atoms with Gasteiger partial charge in [-0.15, -0.1) is 0 Å². The Hall–Kier alpha value is -6.78. The molecular weight excluding hydrogens is 631 g/mol. The molecule has 0 saturated heterocycles. The Morgan fingerprint density at radius 2 is 0.827 bits per heavy atom. The highest BCUT2D eigenvalue weighted by atomic mass is 16.3. The van der Waals surface area contributed by atoms with E-state index in [2.05, 4.69) is 198 Å². The van der Waals surface area contributed by atoms with Gasteiger partial charge in [0, 0.05) is 55.9 Å². The smallest absolute Gasteiger partial charge is 0.252 e. The Balaban J connectivity index is 1.16. The number of hydrogen-bond acceptors (Lipinski definition) is 3. The number of para-hydroxylation sites is 6. The van der Waals surface area contributed by atoms with Crippen LogP contribution in [0.1, 0.15) is 0 Å². The van der Waals surface area contributed by atoms with Crippen molar-refractivity contribution in [2.24, 2.45) is 0 Å². The van der Waals surface area contributed by atoms with E-state index in [1.54, 1.807) is 0 Å². The van der Waals surface area contributed by atoms with Gasteiger partial charge in [0.2, 0.25) is 0 Å². The van der Waals surface area contributed by atoms with Crippen molar-refractivity contribution >= 4 is 79.2 Å². The predicted octanol–water partition coefficient (Wildman–Crippen LogP) is 11.0. The quantitative estimate of drug-likeness (QED) is 0.175. The lowest BCUT2D eigenvalue weighted by molar-refractivity contribution is 0.671. The first-order valence-electron chi connectivity index (χ1n) is 17.9. The molecule has 52 heavy (non-hydrogen) atoms. The topological polar surface area (TPSA) is 19.6 Å². The number of rotatable bonds is 4. The average Bonchev–Trinajstić information content (AvgIpc) is 3.61. The van der Waals surface area contributed by atoms with Crippen LogP contribution in [0.25, 0.3) is 44.2 Å². The molecule has 242 valence electrons. The third-order valence-corrected chi connectivity index (χ3v) is 10.9. The van der Waals surface area contributed by atoms with Crippen LogP contribution >= 0.6 is 0 Å². The average molecular weight is 663 g/mol. The van der Waals surface area contributed by atoms with E-state index in [1.807, 2.05) is 0 Å². The first-order valence-corrected chi connectivity index (χ1v) is 17.9. The zero-order chi connectivity index (χ0) is 34.2. The minimum atomic E-state index is 0.0946. The second kappa shape index (κ2) is 11.4. The Morgan fingerprint density at radius 3 is 1.54 bits per heavy atom. The van der Waals surface area contributed by atoms with Gasteiger partial charge in [0.25, 0.3) is 6.71 Å². The molecule has 0 saturated carbocycles. The molecule has 11 rings (SSSR count). The first kappa shape index (κ1) is 29.0. The fraction of sp³-hybridized carbons (Fsp3) is 0. The molecule has 3 nitrogen and oxygen atoms in total. The summed E-state index contributed by atoms with van der Waals surface area (Å²) in [6, 6.07) is 67.7. The monoisotopic (exact) mass is 662 g/mol. The van der Waals surface area contributed by atoms with Crippen LogP contribution in [0, 0.1) is 0 Å². The fourth-order valence-corrected chi connectivity index (χ4v) is 8.72. The largest absolute Gasteiger partial charge is 0.455 e. The zero-order valence-electron chi connectivity index (χ0n) is 28.3. The molecule has 2 aliphatic heterocycles. The summed E-state index contributed by atoms with van der Waals surface area (Å²) in [5, 5.41) is 2.24. The molecule has 1 aromatic heterocycles. The zero-order valence-corrected chi connectivity index (χ0v) is 28.3. The van der Waals surface area contributed by atoms with Crippen LogP contribution in [0.4, 0.5) is 34.1 Å². The van der Waals surface area contributed by atoms with Crippen molar-refractivity contribution in [2.45, 2.75) is 0 Å². The summed E-state index contributed by atoms with van der Waals surface area (Å²) in [5.41, 5.74) is 17.2. The summed E-state index contributed by atoms with van der Waals surface area (Å²) >= 11 is 0. The van der Waals surface area contributed by atoms with Crippen LogP contribution in [0.3, 0.4) is 0 Å². The van der Waals surface area contributed by atoms with Gasteiger partial charge >= 0.3 is 0 Å². The summed E-state index contributed by atoms with van der Waals surface area (Å²) in [7, 11) is 0. The van der Waals surface area contributed by atoms with Crippen molar-refractivity contribution in [3.8, 4) is 22.3 Å². The number of furan rings is 1. The fourth-order valence-electron chi connectivity index (χ4n) is 8.72. The molecule has 0 bridgehead atoms. The van der Waals surface area contributed by atoms with Crippen molar-refractivity contribution in [1.29, 1.82) is 0 Å². The minimum absolute atomic E-state index is 0.0946. The summed E-state index contributed by atoms with van der Waals surface area (Å²) in [6.45, 7) is 0.0946. The maximum absolute atomic E-state index is 6.94. The summed E-state index contributed by atoms with van der Waals surface area (Å²) in [6.07, 6.45) is 0. The maximum Gasteiger partial charge on any atom is 0.252 e. The van der Waals surface area contributed by atoms with Crippen LogP contribution < -0.4 is 26.2 Å². The van der Waals surface area contributed by atoms with Crippen LogP contribution in [-0.2, 0) is 0 Å². The van der Waals surface area contributed by atoms with Crippen molar-refractivity contribution < 1.29 is 4.42 Å². The molecule has 0 spiro atoms. The Morgan fingerprint density at radius 1 is 0.346 bits per heavy atom. The van der Waals surface area contributed by atoms with Crippen LogP contribution in [0.15, 0.2) is 192 Å². The summed E-state index contributed by atoms with van der Waals surface area (Å²) in [5.74, 6) is 0. The van der Waals surface area contributed by atoms with Crippen molar-refractivity contribution in [1.82, 2.24) is 0 Å². The molecule has 0 amide bonds. The standard InChI is InChI=1S/C48H31BN2O/c1-3-16-32(17-4-1)34-21-13-23-37-38-24-14-22-36(48(38)52-47(34)37)35-20-7-10-27-41(35)51-43-29-12-9-26-40(43)49-39-25-8-11-28-42(39)50(33-18-5-2-6-19-33)44-30-15-31-45(51)46(44)49/h1-31H. The highest BCUT2D eigenvalue weighted by Gasteiger charge is 2.43. The van der Waals surface area contributed by atoms with Crippen LogP contribution in [-0.4, -0.2) is 6.71 Å². The maximum atomic E-state index is 6.94. The van der Waals surface area contributed by atoms with Crippen molar-refractivity contribution in [3.63, 3.8) is 0 Å². The SMILES string of the molecule is c1ccc(-c2cccc3c2oc2c(-c4ccccc4N4c5ccccc5B5c6ccccc6N(c6ccccc6)c6cccc4c65)cccc23)cc1. The van der Waals surface area contributed by atoms with Crippen molar-refractivity contribution in [2.75, 3.05) is 9.80 Å². The molecule has 4 heteroatoms. The Bertz CT molecular complexity index is 2830. The molecule has 0 radical (unpaired) electrons. The van der Waals surface area contributed by atoms with Gasteiger partial charge in [0.15, 0.2) is 0 Å². The van der Waals surface area contributed by atoms with Gasteiger partial charge in [-0.25, -0.2) is 0 Å². The van der Waals surface area contributed by atoms with Crippen LogP contribution in [0.2, 0.25) is 0 Å². The Labute approximate surface area is 302 Å². The number of hydrogen-bond donors (Lipinski definition) is 0. The molecule has 0 unspecified atom stereocenters. The predicted molar refractivity (Wildman–Crippen MR) is 219 cm³/mol. The highest BCUT2D eigenvalue weighted by molar-refractivity contribution is 7.00. The lowest BCUT2D eigenvalue weighted by Gasteiger charge is -2.44. The summed E-state index contributed by atoms with van der Waals surface area (Å²) < 4.78 is 6.94. The summed E-state index contributed by atoms with van der Waals surface area (Å²) in [4.78, 5) is 4.91. The van der Waals surface area contributed by atoms with Gasteiger partial charge in [-0.2, -0.15) is 0 Å². The van der Waals surface area contributed by atoms with Gasteiger partial charge in [-0.1, -0.05) is 146 Å². The molecule has 9 aromatic rings. The molecule has 0 atom stereocenters. The number of anilines is 6. The molecule has 0 aliphatic carbocycles. The van der Waals surface area contributed by atoms with E-state index in [1.165, 1.54) is 39.1 Å². The molecule has 0 N–H and O–H groups in total. The lowest BCUT2D eigenvalue weighted by Crippen LogP contribution is -2.61. The number of benzene rings is 8. The highest BCUT2D eigenvalue weighted by Crippen LogP contribution is 2.48. The first-order chi connectivity index (χ1) is 25.8. The molecular formula is C48H31BN2O. The van der Waals surface area contributed by atoms with E-state index in [0.29, 0.717) is 0 Å². The van der Waals surface area contributed by atoms with Crippen molar-refractivity contribution in [3.05, 3.63) is 188 Å². The van der Waals surface area contributed by atoms with Gasteiger partial charge in [0.1, 0.15) is 11.2 Å². The van der Waals surface area contributed by atoms with E-state index in [-0.39, 0.29) is 6.71 Å². The lowest BCUT2D eigenvalue weighted by atomic mass is 9.33. The van der Waals surface area contributed by atoms with Crippen LogP contribution in [0.5, 0.6) is 0 Å². The number of nitrogens with zero attached hydrogens (tertiary/aromatic N) is 2. The minimum Gasteiger partial charge on any atom is -0.455 e. The normalized spacial score (nSPS) is 12.9. The third-order valence-electron chi connectivity index (χ3n) is 10.9. The van der Waals surface area contributed by atoms with Gasteiger partial charge in [-0.3, -0.25) is 0 Å². The van der Waals surface area contributed by atoms with E-state index in [9.17, 15) is 0 Å². The van der Waals surface area contributed by atoms with E-state index in [4.69, 9.17) is 4.42 Å². The third kappa shape index (κ3) is 4.15. The number of fused-ring (bicyclic) bond motifs is 7. The van der Waals surface area contributed by atoms with Gasteiger partial charge < -0.3 is 14.2 Å². The van der Waals surface area contributed by atoms with Gasteiger partial charge in [0.05, 0.1) is 5.69 Å². The molecule has 3 heterocycles. The molecule has 8 aromatic carbocycles. The Kier molecular flexibility index (Phi) is 6.35. The van der Waals surface area contributed by atoms with E-state index in [0.717, 1.165) is 55.6 Å². The molecule has 0 fully saturated rings. The second-order valence-corrected chi connectivity index (χ2v) is 13.6.